The Balaban J connectivity index is 1.53. The zero-order valence-corrected chi connectivity index (χ0v) is 15.1. The van der Waals surface area contributed by atoms with Gasteiger partial charge in [0.05, 0.1) is 25.6 Å². The number of rotatable bonds is 3. The molecule has 0 aromatic heterocycles. The number of carbonyl (C=O) groups excluding carboxylic acids is 1. The molecule has 132 valence electrons. The molecule has 3 saturated heterocycles. The molecular formula is C21H32NO2+. The highest BCUT2D eigenvalue weighted by molar-refractivity contribution is 5.81. The minimum absolute atomic E-state index is 0.102. The largest absolute Gasteiger partial charge is 0.455 e. The Hall–Kier alpha value is -1.09. The van der Waals surface area contributed by atoms with Gasteiger partial charge in [-0.05, 0) is 24.8 Å². The van der Waals surface area contributed by atoms with E-state index in [1.54, 1.807) is 0 Å². The fourth-order valence-corrected chi connectivity index (χ4v) is 5.52. The van der Waals surface area contributed by atoms with Crippen LogP contribution in [0.25, 0.3) is 0 Å². The van der Waals surface area contributed by atoms with Crippen LogP contribution in [-0.2, 0) is 9.53 Å². The predicted molar refractivity (Wildman–Crippen MR) is 95.4 cm³/mol. The van der Waals surface area contributed by atoms with E-state index in [-0.39, 0.29) is 17.5 Å². The molecule has 3 heteroatoms. The van der Waals surface area contributed by atoms with Crippen molar-refractivity contribution in [1.29, 1.82) is 0 Å². The Morgan fingerprint density at radius 3 is 2.46 bits per heavy atom. The maximum absolute atomic E-state index is 13.4. The van der Waals surface area contributed by atoms with E-state index in [9.17, 15) is 4.79 Å². The first kappa shape index (κ1) is 16.4. The van der Waals surface area contributed by atoms with Crippen LogP contribution in [0.2, 0.25) is 0 Å². The van der Waals surface area contributed by atoms with Gasteiger partial charge in [-0.15, -0.1) is 0 Å². The van der Waals surface area contributed by atoms with Crippen LogP contribution in [0.4, 0.5) is 0 Å². The molecule has 5 rings (SSSR count). The molecule has 0 amide bonds. The summed E-state index contributed by atoms with van der Waals surface area (Å²) in [5, 5.41) is 0. The van der Waals surface area contributed by atoms with E-state index in [0.29, 0.717) is 5.92 Å². The minimum Gasteiger partial charge on any atom is -0.455 e. The lowest BCUT2D eigenvalue weighted by Gasteiger charge is -2.50. The number of likely N-dealkylation sites (N-methyl/N-ethyl adjacent to an activating group) is 1. The molecule has 5 aliphatic rings. The third-order valence-corrected chi connectivity index (χ3v) is 7.22. The molecule has 3 nitrogen and oxygen atoms in total. The van der Waals surface area contributed by atoms with Gasteiger partial charge in [0, 0.05) is 18.8 Å². The van der Waals surface area contributed by atoms with E-state index >= 15 is 0 Å². The molecular weight excluding hydrogens is 298 g/mol. The summed E-state index contributed by atoms with van der Waals surface area (Å²) in [6.07, 6.45) is 16.9. The van der Waals surface area contributed by atoms with Gasteiger partial charge >= 0.3 is 5.97 Å². The summed E-state index contributed by atoms with van der Waals surface area (Å²) in [5.41, 5.74) is 0.987. The third kappa shape index (κ3) is 2.85. The fraction of sp³-hybridized carbons (Fsp3) is 0.762. The first-order valence-electron chi connectivity index (χ1n) is 10.0. The molecule has 24 heavy (non-hydrogen) atoms. The van der Waals surface area contributed by atoms with Crippen LogP contribution >= 0.6 is 0 Å². The lowest BCUT2D eigenvalue weighted by atomic mass is 9.73. The lowest BCUT2D eigenvalue weighted by molar-refractivity contribution is -0.928. The minimum atomic E-state index is -0.329. The van der Waals surface area contributed by atoms with Crippen LogP contribution in [0.3, 0.4) is 0 Å². The van der Waals surface area contributed by atoms with Crippen LogP contribution in [0, 0.1) is 11.3 Å². The maximum atomic E-state index is 13.4. The van der Waals surface area contributed by atoms with E-state index < -0.39 is 0 Å². The fourth-order valence-electron chi connectivity index (χ4n) is 5.52. The van der Waals surface area contributed by atoms with Crippen molar-refractivity contribution in [1.82, 2.24) is 0 Å². The standard InChI is InChI=1S/C21H32NO2/c1-22-14-10-17(11-15-22)19(16-22)24-20(23)21(18-8-4-5-9-18)12-6-2-3-7-13-21/h4-5,8,17,19H,2-3,6-7,9-16H2,1H3/q+1/t17?,19-,22?/m0/s1. The van der Waals surface area contributed by atoms with Crippen LogP contribution in [-0.4, -0.2) is 43.2 Å². The molecule has 2 aliphatic carbocycles. The van der Waals surface area contributed by atoms with Crippen molar-refractivity contribution >= 4 is 5.97 Å². The molecule has 2 bridgehead atoms. The van der Waals surface area contributed by atoms with E-state index in [0.717, 1.165) is 43.1 Å². The molecule has 4 fully saturated rings. The number of quaternary nitrogens is 1. The summed E-state index contributed by atoms with van der Waals surface area (Å²) in [5.74, 6) is 0.706. The number of carbonyl (C=O) groups is 1. The van der Waals surface area contributed by atoms with Crippen LogP contribution in [0.5, 0.6) is 0 Å². The Bertz CT molecular complexity index is 546. The second-order valence-electron chi connectivity index (χ2n) is 8.85. The Morgan fingerprint density at radius 1 is 1.17 bits per heavy atom. The van der Waals surface area contributed by atoms with Gasteiger partial charge < -0.3 is 9.22 Å². The average molecular weight is 330 g/mol. The highest BCUT2D eigenvalue weighted by Crippen LogP contribution is 2.46. The number of allylic oxidation sites excluding steroid dienone is 3. The maximum Gasteiger partial charge on any atom is 0.316 e. The molecule has 0 aromatic carbocycles. The molecule has 0 N–H and O–H groups in total. The highest BCUT2D eigenvalue weighted by Gasteiger charge is 2.49. The van der Waals surface area contributed by atoms with E-state index in [1.165, 1.54) is 44.3 Å². The van der Waals surface area contributed by atoms with Gasteiger partial charge in [0.15, 0.2) is 6.10 Å². The smallest absolute Gasteiger partial charge is 0.316 e. The number of ether oxygens (including phenoxy) is 1. The van der Waals surface area contributed by atoms with Crippen LogP contribution in [0.15, 0.2) is 23.8 Å². The SMILES string of the molecule is C[N+]12CCC(CC1)[C@@H](OC(=O)C1(C3=CC=CC3)CCCCCC1)C2. The van der Waals surface area contributed by atoms with E-state index in [2.05, 4.69) is 25.3 Å². The number of hydrogen-bond acceptors (Lipinski definition) is 2. The van der Waals surface area contributed by atoms with Crippen molar-refractivity contribution in [2.75, 3.05) is 26.7 Å². The van der Waals surface area contributed by atoms with Gasteiger partial charge in [0.2, 0.25) is 0 Å². The topological polar surface area (TPSA) is 26.3 Å². The van der Waals surface area contributed by atoms with E-state index in [1.807, 2.05) is 0 Å². The summed E-state index contributed by atoms with van der Waals surface area (Å²) in [4.78, 5) is 13.4. The van der Waals surface area contributed by atoms with Crippen molar-refractivity contribution in [3.05, 3.63) is 23.8 Å². The quantitative estimate of drug-likeness (QED) is 0.444. The first-order chi connectivity index (χ1) is 11.6. The number of piperidine rings is 3. The van der Waals surface area contributed by atoms with E-state index in [4.69, 9.17) is 4.74 Å². The number of nitrogens with zero attached hydrogens (tertiary/aromatic N) is 1. The zero-order chi connectivity index (χ0) is 16.6. The summed E-state index contributed by atoms with van der Waals surface area (Å²) in [7, 11) is 2.33. The molecule has 3 heterocycles. The molecule has 1 atom stereocenters. The van der Waals surface area contributed by atoms with Crippen molar-refractivity contribution in [3.8, 4) is 0 Å². The second kappa shape index (κ2) is 6.33. The van der Waals surface area contributed by atoms with Crippen molar-refractivity contribution in [2.45, 2.75) is 63.9 Å². The summed E-state index contributed by atoms with van der Waals surface area (Å²) < 4.78 is 7.38. The molecule has 0 radical (unpaired) electrons. The van der Waals surface area contributed by atoms with Crippen molar-refractivity contribution in [3.63, 3.8) is 0 Å². The number of esters is 1. The Kier molecular flexibility index (Phi) is 4.32. The van der Waals surface area contributed by atoms with Crippen molar-refractivity contribution < 1.29 is 14.0 Å². The summed E-state index contributed by atoms with van der Waals surface area (Å²) in [6.45, 7) is 3.56. The molecule has 0 aromatic rings. The molecule has 0 unspecified atom stereocenters. The second-order valence-corrected chi connectivity index (χ2v) is 8.85. The monoisotopic (exact) mass is 330 g/mol. The lowest BCUT2D eigenvalue weighted by Crippen LogP contribution is -2.62. The van der Waals surface area contributed by atoms with Crippen molar-refractivity contribution in [2.24, 2.45) is 11.3 Å². The van der Waals surface area contributed by atoms with Gasteiger partial charge in [0.1, 0.15) is 6.54 Å². The Morgan fingerprint density at radius 2 is 1.88 bits per heavy atom. The van der Waals surface area contributed by atoms with Crippen LogP contribution in [0.1, 0.15) is 57.8 Å². The van der Waals surface area contributed by atoms with Gasteiger partial charge in [0.25, 0.3) is 0 Å². The Labute approximate surface area is 146 Å². The highest BCUT2D eigenvalue weighted by atomic mass is 16.5. The molecule has 3 aliphatic heterocycles. The third-order valence-electron chi connectivity index (χ3n) is 7.22. The number of hydrogen-bond donors (Lipinski definition) is 0. The number of fused-ring (bicyclic) bond motifs is 3. The van der Waals surface area contributed by atoms with Gasteiger partial charge in [-0.25, -0.2) is 0 Å². The molecule has 0 spiro atoms. The average Bonchev–Trinajstić information content (AvgIpc) is 3.00. The van der Waals surface area contributed by atoms with Gasteiger partial charge in [-0.1, -0.05) is 43.9 Å². The summed E-state index contributed by atoms with van der Waals surface area (Å²) >= 11 is 0. The normalized spacial score (nSPS) is 37.8. The van der Waals surface area contributed by atoms with Gasteiger partial charge in [-0.3, -0.25) is 4.79 Å². The van der Waals surface area contributed by atoms with Crippen LogP contribution < -0.4 is 0 Å². The predicted octanol–water partition coefficient (Wildman–Crippen LogP) is 4.00. The first-order valence-corrected chi connectivity index (χ1v) is 10.0. The summed E-state index contributed by atoms with van der Waals surface area (Å²) in [6, 6.07) is 0. The zero-order valence-electron chi connectivity index (χ0n) is 15.1. The van der Waals surface area contributed by atoms with Gasteiger partial charge in [-0.2, -0.15) is 0 Å². The molecule has 1 saturated carbocycles.